The summed E-state index contributed by atoms with van der Waals surface area (Å²) in [5.41, 5.74) is -3.28. The number of nitriles is 1. The fraction of sp³-hybridized carbons (Fsp3) is 0.304. The maximum Gasteiger partial charge on any atom is 0.421 e. The topological polar surface area (TPSA) is 70.9 Å². The molecule has 5 nitrogen and oxygen atoms in total. The van der Waals surface area contributed by atoms with Crippen LogP contribution in [0.25, 0.3) is 11.0 Å². The van der Waals surface area contributed by atoms with Gasteiger partial charge in [-0.2, -0.15) is 22.8 Å². The van der Waals surface area contributed by atoms with E-state index in [9.17, 15) is 31.6 Å². The van der Waals surface area contributed by atoms with Crippen molar-refractivity contribution in [3.63, 3.8) is 0 Å². The number of aromatic nitrogens is 2. The lowest BCUT2D eigenvalue weighted by Crippen LogP contribution is -2.47. The van der Waals surface area contributed by atoms with Crippen LogP contribution in [0.2, 0.25) is 0 Å². The average Bonchev–Trinajstić information content (AvgIpc) is 3.34. The van der Waals surface area contributed by atoms with E-state index in [2.05, 4.69) is 16.5 Å². The molecule has 0 bridgehead atoms. The summed E-state index contributed by atoms with van der Waals surface area (Å²) < 4.78 is 95.8. The first kappa shape index (κ1) is 23.6. The van der Waals surface area contributed by atoms with Crippen molar-refractivity contribution in [2.24, 2.45) is 5.92 Å². The fourth-order valence-corrected chi connectivity index (χ4v) is 4.58. The molecule has 1 fully saturated rings. The van der Waals surface area contributed by atoms with Gasteiger partial charge in [-0.15, -0.1) is 0 Å². The monoisotopic (exact) mass is 481 g/mol. The summed E-state index contributed by atoms with van der Waals surface area (Å²) in [4.78, 5) is 6.93. The van der Waals surface area contributed by atoms with E-state index in [4.69, 9.17) is 9.47 Å². The zero-order valence-corrected chi connectivity index (χ0v) is 17.8. The number of hydrogen-bond donors (Lipinski definition) is 1. The van der Waals surface area contributed by atoms with Crippen LogP contribution in [0.4, 0.5) is 26.3 Å². The lowest BCUT2D eigenvalue weighted by atomic mass is 9.76. The van der Waals surface area contributed by atoms with Gasteiger partial charge in [-0.1, -0.05) is 25.6 Å². The van der Waals surface area contributed by atoms with E-state index in [0.717, 1.165) is 25.3 Å². The van der Waals surface area contributed by atoms with Crippen molar-refractivity contribution >= 4 is 11.0 Å². The van der Waals surface area contributed by atoms with Crippen molar-refractivity contribution in [2.45, 2.75) is 30.7 Å². The molecule has 1 aliphatic rings. The fourth-order valence-electron chi connectivity index (χ4n) is 4.58. The van der Waals surface area contributed by atoms with Gasteiger partial charge in [0, 0.05) is 17.4 Å². The van der Waals surface area contributed by atoms with Crippen molar-refractivity contribution < 1.29 is 35.8 Å². The number of alkyl halides is 3. The van der Waals surface area contributed by atoms with E-state index in [-0.39, 0.29) is 22.4 Å². The second-order valence-corrected chi connectivity index (χ2v) is 7.88. The lowest BCUT2D eigenvalue weighted by molar-refractivity contribution is -0.261. The highest BCUT2D eigenvalue weighted by molar-refractivity contribution is 5.81. The van der Waals surface area contributed by atoms with Crippen LogP contribution >= 0.6 is 0 Å². The Labute approximate surface area is 189 Å². The molecular formula is C23H17F6N3O2. The van der Waals surface area contributed by atoms with Gasteiger partial charge < -0.3 is 14.5 Å². The van der Waals surface area contributed by atoms with Crippen LogP contribution < -0.4 is 4.74 Å². The van der Waals surface area contributed by atoms with Gasteiger partial charge in [-0.3, -0.25) is 0 Å². The highest BCUT2D eigenvalue weighted by Gasteiger charge is 2.66. The number of nitrogens with zero attached hydrogens (tertiary/aromatic N) is 2. The standard InChI is InChI=1S/C23H17F6N3O2/c1-4-22(23(27,28)29)10(2)16(11-5-6-14(25)17(26)19(11)33-3)20(34-22)21-31-15-8-7-13(24)12(9-30)18(15)32-21/h4-8,10,16,20H,1H2,2-3H3,(H,31,32)/t10?,16?,20-,22-/m1/s1. The molecule has 1 saturated heterocycles. The van der Waals surface area contributed by atoms with Crippen LogP contribution in [0.3, 0.4) is 0 Å². The molecule has 11 heteroatoms. The molecule has 2 heterocycles. The van der Waals surface area contributed by atoms with E-state index >= 15 is 0 Å². The Kier molecular flexibility index (Phi) is 5.60. The van der Waals surface area contributed by atoms with Gasteiger partial charge in [0.25, 0.3) is 0 Å². The minimum absolute atomic E-state index is 0.0842. The number of fused-ring (bicyclic) bond motifs is 1. The highest BCUT2D eigenvalue weighted by Crippen LogP contribution is 2.60. The van der Waals surface area contributed by atoms with E-state index in [0.29, 0.717) is 6.08 Å². The lowest BCUT2D eigenvalue weighted by Gasteiger charge is -2.32. The Morgan fingerprint density at radius 2 is 1.88 bits per heavy atom. The molecule has 4 rings (SSSR count). The maximum atomic E-state index is 14.5. The van der Waals surface area contributed by atoms with Gasteiger partial charge in [0.15, 0.2) is 17.2 Å². The largest absolute Gasteiger partial charge is 0.493 e. The van der Waals surface area contributed by atoms with Gasteiger partial charge in [0.1, 0.15) is 34.9 Å². The zero-order chi connectivity index (χ0) is 25.0. The number of halogens is 6. The Hall–Kier alpha value is -3.52. The van der Waals surface area contributed by atoms with Crippen LogP contribution in [0, 0.1) is 34.7 Å². The number of rotatable bonds is 4. The van der Waals surface area contributed by atoms with Gasteiger partial charge in [0.05, 0.1) is 12.6 Å². The molecule has 1 aliphatic heterocycles. The maximum absolute atomic E-state index is 14.5. The van der Waals surface area contributed by atoms with Crippen LogP contribution in [0.5, 0.6) is 5.75 Å². The second-order valence-electron chi connectivity index (χ2n) is 7.88. The van der Waals surface area contributed by atoms with Crippen molar-refractivity contribution in [2.75, 3.05) is 7.11 Å². The van der Waals surface area contributed by atoms with Crippen molar-refractivity contribution in [3.8, 4) is 11.8 Å². The van der Waals surface area contributed by atoms with Crippen LogP contribution in [-0.2, 0) is 4.74 Å². The van der Waals surface area contributed by atoms with Crippen LogP contribution in [0.1, 0.15) is 35.9 Å². The molecule has 0 spiro atoms. The SMILES string of the molecule is C=C[C@@]1(C(F)(F)F)O[C@@H](c2nc3c(C#N)c(F)ccc3[nH]2)C(c2ccc(F)c(F)c2OC)C1C. The first-order chi connectivity index (χ1) is 16.0. The summed E-state index contributed by atoms with van der Waals surface area (Å²) in [7, 11) is 1.06. The van der Waals surface area contributed by atoms with E-state index in [1.54, 1.807) is 6.07 Å². The molecule has 0 amide bonds. The number of hydrogen-bond acceptors (Lipinski definition) is 4. The number of ether oxygens (including phenoxy) is 2. The van der Waals surface area contributed by atoms with Gasteiger partial charge in [0.2, 0.25) is 5.82 Å². The summed E-state index contributed by atoms with van der Waals surface area (Å²) >= 11 is 0. The summed E-state index contributed by atoms with van der Waals surface area (Å²) in [5.74, 6) is -6.85. The number of imidazole rings is 1. The third kappa shape index (κ3) is 3.24. The molecule has 2 unspecified atom stereocenters. The molecule has 0 radical (unpaired) electrons. The first-order valence-electron chi connectivity index (χ1n) is 9.99. The van der Waals surface area contributed by atoms with E-state index in [1.807, 2.05) is 0 Å². The van der Waals surface area contributed by atoms with E-state index < -0.39 is 58.5 Å². The molecule has 0 aliphatic carbocycles. The smallest absolute Gasteiger partial charge is 0.421 e. The van der Waals surface area contributed by atoms with Crippen molar-refractivity contribution in [3.05, 3.63) is 71.3 Å². The van der Waals surface area contributed by atoms with Crippen LogP contribution in [0.15, 0.2) is 36.9 Å². The minimum atomic E-state index is -4.93. The summed E-state index contributed by atoms with van der Waals surface area (Å²) in [6.07, 6.45) is -5.81. The normalized spacial score (nSPS) is 24.9. The summed E-state index contributed by atoms with van der Waals surface area (Å²) in [6.45, 7) is 4.55. The minimum Gasteiger partial charge on any atom is -0.493 e. The second kappa shape index (κ2) is 8.06. The Bertz CT molecular complexity index is 1330. The number of H-pyrrole nitrogens is 1. The third-order valence-corrected chi connectivity index (χ3v) is 6.26. The van der Waals surface area contributed by atoms with Gasteiger partial charge in [-0.25, -0.2) is 13.8 Å². The Balaban J connectivity index is 1.98. The van der Waals surface area contributed by atoms with E-state index in [1.165, 1.54) is 13.0 Å². The Morgan fingerprint density at radius 3 is 2.47 bits per heavy atom. The predicted molar refractivity (Wildman–Crippen MR) is 108 cm³/mol. The van der Waals surface area contributed by atoms with Crippen molar-refractivity contribution in [1.29, 1.82) is 5.26 Å². The van der Waals surface area contributed by atoms with Crippen molar-refractivity contribution in [1.82, 2.24) is 9.97 Å². The summed E-state index contributed by atoms with van der Waals surface area (Å²) in [5, 5.41) is 9.28. The molecule has 0 saturated carbocycles. The third-order valence-electron chi connectivity index (χ3n) is 6.26. The molecule has 34 heavy (non-hydrogen) atoms. The predicted octanol–water partition coefficient (Wildman–Crippen LogP) is 5.84. The molecule has 4 atom stereocenters. The highest BCUT2D eigenvalue weighted by atomic mass is 19.4. The number of aromatic amines is 1. The summed E-state index contributed by atoms with van der Waals surface area (Å²) in [6, 6.07) is 5.86. The molecule has 3 aromatic rings. The average molecular weight is 481 g/mol. The molecule has 2 aromatic carbocycles. The molecule has 1 N–H and O–H groups in total. The number of benzene rings is 2. The Morgan fingerprint density at radius 1 is 1.21 bits per heavy atom. The molecule has 178 valence electrons. The van der Waals surface area contributed by atoms with Crippen LogP contribution in [-0.4, -0.2) is 28.9 Å². The van der Waals surface area contributed by atoms with Gasteiger partial charge >= 0.3 is 6.18 Å². The molecule has 1 aromatic heterocycles. The number of methoxy groups -OCH3 is 1. The zero-order valence-electron chi connectivity index (χ0n) is 17.8. The number of nitrogens with one attached hydrogen (secondary N) is 1. The quantitative estimate of drug-likeness (QED) is 0.376. The van der Waals surface area contributed by atoms with Gasteiger partial charge in [-0.05, 0) is 18.2 Å². The first-order valence-corrected chi connectivity index (χ1v) is 9.99. The molecular weight excluding hydrogens is 464 g/mol.